The molecule has 0 aromatic heterocycles. The molecular formula is C19H23NO4S2. The Balaban J connectivity index is 1.94. The fraction of sp³-hybridized carbons (Fsp3) is 0.368. The zero-order chi connectivity index (χ0) is 18.9. The normalized spacial score (nSPS) is 21.2. The summed E-state index contributed by atoms with van der Waals surface area (Å²) in [4.78, 5) is 0.257. The van der Waals surface area contributed by atoms with E-state index in [9.17, 15) is 16.8 Å². The molecule has 140 valence electrons. The minimum atomic E-state index is -3.73. The van der Waals surface area contributed by atoms with Crippen LogP contribution in [-0.2, 0) is 19.9 Å². The first-order chi connectivity index (χ1) is 12.2. The predicted octanol–water partition coefficient (Wildman–Crippen LogP) is 2.85. The van der Waals surface area contributed by atoms with Crippen LogP contribution < -0.4 is 0 Å². The maximum absolute atomic E-state index is 13.1. The minimum absolute atomic E-state index is 0.0125. The Kier molecular flexibility index (Phi) is 5.23. The van der Waals surface area contributed by atoms with E-state index in [2.05, 4.69) is 0 Å². The van der Waals surface area contributed by atoms with Gasteiger partial charge in [-0.25, -0.2) is 16.8 Å². The standard InChI is InChI=1S/C19H23NO4S2/c1-15-8-9-16(2)19(14-15)26(23,24)20-11-10-18(25(21,22)13-12-20)17-6-4-3-5-7-17/h3-9,14,18H,10-13H2,1-2H3. The average Bonchev–Trinajstić information content (AvgIpc) is 2.76. The van der Waals surface area contributed by atoms with Crippen molar-refractivity contribution in [3.8, 4) is 0 Å². The van der Waals surface area contributed by atoms with Crippen molar-refractivity contribution < 1.29 is 16.8 Å². The largest absolute Gasteiger partial charge is 0.243 e. The van der Waals surface area contributed by atoms with E-state index in [1.807, 2.05) is 19.1 Å². The van der Waals surface area contributed by atoms with Crippen molar-refractivity contribution in [1.29, 1.82) is 0 Å². The highest BCUT2D eigenvalue weighted by molar-refractivity contribution is 7.92. The zero-order valence-electron chi connectivity index (χ0n) is 14.9. The van der Waals surface area contributed by atoms with Crippen LogP contribution in [0.1, 0.15) is 28.4 Å². The maximum Gasteiger partial charge on any atom is 0.243 e. The first kappa shape index (κ1) is 19.1. The van der Waals surface area contributed by atoms with Crippen LogP contribution in [0.2, 0.25) is 0 Å². The third kappa shape index (κ3) is 3.70. The Morgan fingerprint density at radius 2 is 1.69 bits per heavy atom. The molecule has 2 aromatic carbocycles. The van der Waals surface area contributed by atoms with Crippen LogP contribution in [0.25, 0.3) is 0 Å². The molecule has 1 atom stereocenters. The monoisotopic (exact) mass is 393 g/mol. The van der Waals surface area contributed by atoms with Crippen LogP contribution in [0, 0.1) is 13.8 Å². The van der Waals surface area contributed by atoms with Crippen LogP contribution in [0.5, 0.6) is 0 Å². The van der Waals surface area contributed by atoms with Gasteiger partial charge in [-0.1, -0.05) is 42.5 Å². The highest BCUT2D eigenvalue weighted by atomic mass is 32.2. The summed E-state index contributed by atoms with van der Waals surface area (Å²) in [6, 6.07) is 14.3. The molecule has 5 nitrogen and oxygen atoms in total. The summed E-state index contributed by atoms with van der Waals surface area (Å²) < 4.78 is 52.9. The van der Waals surface area contributed by atoms with E-state index in [0.29, 0.717) is 5.56 Å². The number of hydrogen-bond donors (Lipinski definition) is 0. The smallest absolute Gasteiger partial charge is 0.228 e. The number of sulfonamides is 1. The molecule has 0 spiro atoms. The lowest BCUT2D eigenvalue weighted by molar-refractivity contribution is 0.427. The summed E-state index contributed by atoms with van der Waals surface area (Å²) >= 11 is 0. The van der Waals surface area contributed by atoms with Crippen molar-refractivity contribution in [2.24, 2.45) is 0 Å². The molecule has 1 fully saturated rings. The van der Waals surface area contributed by atoms with Crippen molar-refractivity contribution in [2.45, 2.75) is 30.4 Å². The van der Waals surface area contributed by atoms with Crippen molar-refractivity contribution in [3.05, 3.63) is 65.2 Å². The summed E-state index contributed by atoms with van der Waals surface area (Å²) in [5, 5.41) is -0.664. The molecule has 2 aromatic rings. The van der Waals surface area contributed by atoms with Crippen molar-refractivity contribution >= 4 is 19.9 Å². The summed E-state index contributed by atoms with van der Waals surface area (Å²) in [5.74, 6) is -0.170. The lowest BCUT2D eigenvalue weighted by atomic mass is 10.1. The molecule has 1 aliphatic heterocycles. The van der Waals surface area contributed by atoms with Crippen LogP contribution in [0.3, 0.4) is 0 Å². The molecule has 1 aliphatic rings. The van der Waals surface area contributed by atoms with E-state index in [1.165, 1.54) is 4.31 Å². The van der Waals surface area contributed by atoms with E-state index in [1.54, 1.807) is 43.3 Å². The van der Waals surface area contributed by atoms with E-state index in [0.717, 1.165) is 11.1 Å². The molecule has 0 amide bonds. The van der Waals surface area contributed by atoms with E-state index < -0.39 is 25.1 Å². The van der Waals surface area contributed by atoms with E-state index >= 15 is 0 Å². The molecule has 0 saturated carbocycles. The number of aryl methyl sites for hydroxylation is 2. The van der Waals surface area contributed by atoms with Crippen LogP contribution in [0.15, 0.2) is 53.4 Å². The molecule has 3 rings (SSSR count). The van der Waals surface area contributed by atoms with Crippen molar-refractivity contribution in [1.82, 2.24) is 4.31 Å². The quantitative estimate of drug-likeness (QED) is 0.804. The molecule has 0 radical (unpaired) electrons. The summed E-state index contributed by atoms with van der Waals surface area (Å²) in [5.41, 5.74) is 2.25. The van der Waals surface area contributed by atoms with Gasteiger partial charge in [-0.15, -0.1) is 0 Å². The molecule has 0 N–H and O–H groups in total. The van der Waals surface area contributed by atoms with Crippen LogP contribution in [-0.4, -0.2) is 40.0 Å². The van der Waals surface area contributed by atoms with Gasteiger partial charge in [0.1, 0.15) is 0 Å². The second-order valence-corrected chi connectivity index (χ2v) is 10.9. The molecule has 26 heavy (non-hydrogen) atoms. The molecular weight excluding hydrogens is 370 g/mol. The second kappa shape index (κ2) is 7.13. The van der Waals surface area contributed by atoms with Crippen LogP contribution >= 0.6 is 0 Å². The zero-order valence-corrected chi connectivity index (χ0v) is 16.6. The second-order valence-electron chi connectivity index (χ2n) is 6.73. The fourth-order valence-corrected chi connectivity index (χ4v) is 7.01. The van der Waals surface area contributed by atoms with Gasteiger partial charge in [-0.3, -0.25) is 0 Å². The van der Waals surface area contributed by atoms with Gasteiger partial charge in [0.2, 0.25) is 10.0 Å². The number of rotatable bonds is 3. The molecule has 1 saturated heterocycles. The maximum atomic E-state index is 13.1. The molecule has 7 heteroatoms. The summed E-state index contributed by atoms with van der Waals surface area (Å²) in [7, 11) is -7.14. The van der Waals surface area contributed by atoms with Crippen molar-refractivity contribution in [2.75, 3.05) is 18.8 Å². The first-order valence-corrected chi connectivity index (χ1v) is 11.7. The number of benzene rings is 2. The SMILES string of the molecule is Cc1ccc(C)c(S(=O)(=O)N2CCC(c3ccccc3)S(=O)(=O)CC2)c1. The molecule has 0 aliphatic carbocycles. The third-order valence-electron chi connectivity index (χ3n) is 4.83. The Bertz CT molecular complexity index is 999. The first-order valence-electron chi connectivity index (χ1n) is 8.56. The topological polar surface area (TPSA) is 71.5 Å². The molecule has 1 unspecified atom stereocenters. The van der Waals surface area contributed by atoms with E-state index in [4.69, 9.17) is 0 Å². The Labute approximate surface area is 155 Å². The van der Waals surface area contributed by atoms with Crippen molar-refractivity contribution in [3.63, 3.8) is 0 Å². The Hall–Kier alpha value is -1.70. The van der Waals surface area contributed by atoms with Gasteiger partial charge in [-0.05, 0) is 43.0 Å². The lowest BCUT2D eigenvalue weighted by Gasteiger charge is -2.21. The van der Waals surface area contributed by atoms with Gasteiger partial charge >= 0.3 is 0 Å². The van der Waals surface area contributed by atoms with Gasteiger partial charge in [0.25, 0.3) is 0 Å². The number of sulfone groups is 1. The van der Waals surface area contributed by atoms with E-state index in [-0.39, 0.29) is 30.2 Å². The van der Waals surface area contributed by atoms with Crippen LogP contribution in [0.4, 0.5) is 0 Å². The highest BCUT2D eigenvalue weighted by Crippen LogP contribution is 2.31. The highest BCUT2D eigenvalue weighted by Gasteiger charge is 2.36. The molecule has 0 bridgehead atoms. The number of nitrogens with zero attached hydrogens (tertiary/aromatic N) is 1. The fourth-order valence-electron chi connectivity index (χ4n) is 3.33. The Morgan fingerprint density at radius 3 is 2.38 bits per heavy atom. The summed E-state index contributed by atoms with van der Waals surface area (Å²) in [6.45, 7) is 3.78. The lowest BCUT2D eigenvalue weighted by Crippen LogP contribution is -2.34. The molecule has 1 heterocycles. The van der Waals surface area contributed by atoms with Gasteiger partial charge < -0.3 is 0 Å². The number of hydrogen-bond acceptors (Lipinski definition) is 4. The average molecular weight is 394 g/mol. The van der Waals surface area contributed by atoms with Gasteiger partial charge in [0.05, 0.1) is 15.9 Å². The van der Waals surface area contributed by atoms with Gasteiger partial charge in [-0.2, -0.15) is 4.31 Å². The van der Waals surface area contributed by atoms with Gasteiger partial charge in [0.15, 0.2) is 9.84 Å². The third-order valence-corrected chi connectivity index (χ3v) is 9.00. The Morgan fingerprint density at radius 1 is 1.00 bits per heavy atom. The predicted molar refractivity (Wildman–Crippen MR) is 102 cm³/mol. The summed E-state index contributed by atoms with van der Waals surface area (Å²) in [6.07, 6.45) is 0.260. The minimum Gasteiger partial charge on any atom is -0.228 e. The van der Waals surface area contributed by atoms with Gasteiger partial charge in [0, 0.05) is 13.1 Å².